The van der Waals surface area contributed by atoms with Gasteiger partial charge in [-0.05, 0) is 31.9 Å². The van der Waals surface area contributed by atoms with Gasteiger partial charge in [-0.1, -0.05) is 29.8 Å². The Morgan fingerprint density at radius 3 is 2.63 bits per heavy atom. The summed E-state index contributed by atoms with van der Waals surface area (Å²) >= 11 is 1.31. The molecule has 27 heavy (non-hydrogen) atoms. The third-order valence-electron chi connectivity index (χ3n) is 5.16. The molecule has 0 spiro atoms. The molecule has 0 atom stereocenters. The Labute approximate surface area is 162 Å². The second kappa shape index (κ2) is 6.90. The van der Waals surface area contributed by atoms with E-state index in [0.29, 0.717) is 10.6 Å². The number of likely N-dealkylation sites (tertiary alicyclic amines) is 1. The number of aryl methyl sites for hydroxylation is 3. The molecule has 1 saturated heterocycles. The number of nitrogen functional groups attached to an aromatic ring is 1. The number of anilines is 1. The topological polar surface area (TPSA) is 84.1 Å². The van der Waals surface area contributed by atoms with E-state index in [0.717, 1.165) is 41.1 Å². The average molecular weight is 382 g/mol. The molecule has 7 heteroatoms. The summed E-state index contributed by atoms with van der Waals surface area (Å²) in [5.74, 6) is -0.118. The monoisotopic (exact) mass is 381 g/mol. The molecule has 0 unspecified atom stereocenters. The van der Waals surface area contributed by atoms with Crippen molar-refractivity contribution in [2.75, 3.05) is 18.8 Å². The van der Waals surface area contributed by atoms with Crippen LogP contribution in [0.1, 0.15) is 32.1 Å². The lowest BCUT2D eigenvalue weighted by Crippen LogP contribution is -2.58. The van der Waals surface area contributed by atoms with Gasteiger partial charge in [0.2, 0.25) is 0 Å². The van der Waals surface area contributed by atoms with E-state index in [9.17, 15) is 4.79 Å². The molecule has 0 aliphatic carbocycles. The summed E-state index contributed by atoms with van der Waals surface area (Å²) in [4.78, 5) is 16.3. The van der Waals surface area contributed by atoms with Gasteiger partial charge in [0.1, 0.15) is 9.71 Å². The molecule has 1 fully saturated rings. The second-order valence-corrected chi connectivity index (χ2v) is 8.28. The largest absolute Gasteiger partial charge is 0.397 e. The third kappa shape index (κ3) is 3.40. The molecule has 0 saturated carbocycles. The number of nitrogens with zero attached hydrogens (tertiary/aromatic N) is 3. The van der Waals surface area contributed by atoms with Crippen molar-refractivity contribution in [2.24, 2.45) is 0 Å². The second-order valence-electron chi connectivity index (χ2n) is 7.29. The van der Waals surface area contributed by atoms with E-state index in [2.05, 4.69) is 51.6 Å². The Bertz CT molecular complexity index is 1010. The smallest absolute Gasteiger partial charge is 0.263 e. The van der Waals surface area contributed by atoms with Crippen molar-refractivity contribution in [1.29, 1.82) is 0 Å². The summed E-state index contributed by atoms with van der Waals surface area (Å²) in [6.45, 7) is 8.56. The van der Waals surface area contributed by atoms with Crippen LogP contribution in [0.25, 0.3) is 10.2 Å². The first-order valence-electron chi connectivity index (χ1n) is 9.03. The first-order valence-corrected chi connectivity index (χ1v) is 9.84. The summed E-state index contributed by atoms with van der Waals surface area (Å²) in [6, 6.07) is 8.73. The van der Waals surface area contributed by atoms with Gasteiger partial charge in [0.05, 0.1) is 17.4 Å². The highest BCUT2D eigenvalue weighted by Crippen LogP contribution is 2.34. The zero-order chi connectivity index (χ0) is 19.1. The number of rotatable bonds is 4. The first kappa shape index (κ1) is 17.9. The Morgan fingerprint density at radius 1 is 1.22 bits per heavy atom. The van der Waals surface area contributed by atoms with Gasteiger partial charge in [0.15, 0.2) is 0 Å². The predicted octanol–water partition coefficient (Wildman–Crippen LogP) is 2.81. The Hall–Kier alpha value is -2.51. The number of benzene rings is 1. The number of aromatic nitrogens is 2. The molecule has 1 aliphatic heterocycles. The predicted molar refractivity (Wildman–Crippen MR) is 109 cm³/mol. The maximum Gasteiger partial charge on any atom is 0.263 e. The van der Waals surface area contributed by atoms with Crippen molar-refractivity contribution in [3.63, 3.8) is 0 Å². The minimum atomic E-state index is -0.118. The molecular weight excluding hydrogens is 358 g/mol. The van der Waals surface area contributed by atoms with Crippen molar-refractivity contribution in [2.45, 2.75) is 33.4 Å². The highest BCUT2D eigenvalue weighted by atomic mass is 32.1. The summed E-state index contributed by atoms with van der Waals surface area (Å²) in [5, 5.41) is 12.3. The van der Waals surface area contributed by atoms with Crippen molar-refractivity contribution >= 4 is 33.1 Å². The number of nitrogens with two attached hydrogens (primary N) is 1. The fourth-order valence-electron chi connectivity index (χ4n) is 3.40. The van der Waals surface area contributed by atoms with E-state index in [-0.39, 0.29) is 11.9 Å². The lowest BCUT2D eigenvalue weighted by Gasteiger charge is -2.39. The van der Waals surface area contributed by atoms with E-state index in [4.69, 9.17) is 5.73 Å². The summed E-state index contributed by atoms with van der Waals surface area (Å²) < 4.78 is 0. The number of amides is 1. The fraction of sp³-hybridized carbons (Fsp3) is 0.350. The molecule has 1 aliphatic rings. The van der Waals surface area contributed by atoms with Gasteiger partial charge in [-0.15, -0.1) is 16.4 Å². The maximum absolute atomic E-state index is 12.7. The van der Waals surface area contributed by atoms with Crippen LogP contribution in [0.3, 0.4) is 0 Å². The molecule has 0 bridgehead atoms. The molecule has 140 valence electrons. The normalized spacial score (nSPS) is 15.1. The molecule has 3 heterocycles. The first-order chi connectivity index (χ1) is 12.9. The quantitative estimate of drug-likeness (QED) is 0.726. The SMILES string of the molecule is Cc1ccc(CN2CC(NC(=O)c3sc4nnc(C)c(C)c4c3N)C2)cc1. The molecule has 3 aromatic rings. The van der Waals surface area contributed by atoms with E-state index in [1.165, 1.54) is 22.5 Å². The molecule has 0 radical (unpaired) electrons. The molecule has 3 N–H and O–H groups in total. The number of carbonyl (C=O) groups excluding carboxylic acids is 1. The number of fused-ring (bicyclic) bond motifs is 1. The molecular formula is C20H23N5OS. The van der Waals surface area contributed by atoms with Crippen molar-refractivity contribution in [3.8, 4) is 0 Å². The summed E-state index contributed by atoms with van der Waals surface area (Å²) in [6.07, 6.45) is 0. The van der Waals surface area contributed by atoms with E-state index < -0.39 is 0 Å². The van der Waals surface area contributed by atoms with Crippen LogP contribution in [0, 0.1) is 20.8 Å². The van der Waals surface area contributed by atoms with Crippen LogP contribution >= 0.6 is 11.3 Å². The van der Waals surface area contributed by atoms with Gasteiger partial charge in [-0.25, -0.2) is 0 Å². The van der Waals surface area contributed by atoms with Crippen LogP contribution in [-0.4, -0.2) is 40.1 Å². The Balaban J connectivity index is 1.39. The molecule has 1 amide bonds. The molecule has 1 aromatic carbocycles. The molecule has 2 aromatic heterocycles. The number of nitrogens with one attached hydrogen (secondary N) is 1. The van der Waals surface area contributed by atoms with Crippen molar-refractivity contribution in [3.05, 3.63) is 51.5 Å². The number of carbonyl (C=O) groups is 1. The van der Waals surface area contributed by atoms with E-state index in [1.807, 2.05) is 13.8 Å². The van der Waals surface area contributed by atoms with Gasteiger partial charge in [0, 0.05) is 25.0 Å². The lowest BCUT2D eigenvalue weighted by molar-refractivity contribution is 0.0799. The van der Waals surface area contributed by atoms with Gasteiger partial charge in [-0.3, -0.25) is 9.69 Å². The van der Waals surface area contributed by atoms with Crippen LogP contribution in [0.15, 0.2) is 24.3 Å². The summed E-state index contributed by atoms with van der Waals surface area (Å²) in [5.41, 5.74) is 11.2. The maximum atomic E-state index is 12.7. The number of hydrogen-bond donors (Lipinski definition) is 2. The highest BCUT2D eigenvalue weighted by Gasteiger charge is 2.29. The molecule has 4 rings (SSSR count). The van der Waals surface area contributed by atoms with Gasteiger partial charge >= 0.3 is 0 Å². The minimum Gasteiger partial charge on any atom is -0.397 e. The zero-order valence-electron chi connectivity index (χ0n) is 15.7. The van der Waals surface area contributed by atoms with Crippen molar-refractivity contribution in [1.82, 2.24) is 20.4 Å². The summed E-state index contributed by atoms with van der Waals surface area (Å²) in [7, 11) is 0. The Morgan fingerprint density at radius 2 is 1.93 bits per heavy atom. The third-order valence-corrected chi connectivity index (χ3v) is 6.25. The number of hydrogen-bond acceptors (Lipinski definition) is 6. The zero-order valence-corrected chi connectivity index (χ0v) is 16.6. The van der Waals surface area contributed by atoms with Gasteiger partial charge in [-0.2, -0.15) is 5.10 Å². The van der Waals surface area contributed by atoms with Crippen LogP contribution in [-0.2, 0) is 6.54 Å². The fourth-order valence-corrected chi connectivity index (χ4v) is 4.41. The minimum absolute atomic E-state index is 0.118. The average Bonchev–Trinajstić information content (AvgIpc) is 2.95. The van der Waals surface area contributed by atoms with Crippen LogP contribution in [0.2, 0.25) is 0 Å². The Kier molecular flexibility index (Phi) is 4.57. The van der Waals surface area contributed by atoms with Crippen molar-refractivity contribution < 1.29 is 4.79 Å². The lowest BCUT2D eigenvalue weighted by atomic mass is 10.1. The van der Waals surface area contributed by atoms with Gasteiger partial charge in [0.25, 0.3) is 5.91 Å². The highest BCUT2D eigenvalue weighted by molar-refractivity contribution is 7.21. The van der Waals surface area contributed by atoms with Crippen LogP contribution < -0.4 is 11.1 Å². The van der Waals surface area contributed by atoms with Gasteiger partial charge < -0.3 is 11.1 Å². The standard InChI is InChI=1S/C20H23N5OS/c1-11-4-6-14(7-5-11)8-25-9-15(10-25)22-19(26)18-17(21)16-12(2)13(3)23-24-20(16)27-18/h4-7,15H,8-10,21H2,1-3H3,(H,22,26). The number of thiophene rings is 1. The van der Waals surface area contributed by atoms with E-state index >= 15 is 0 Å². The van der Waals surface area contributed by atoms with Crippen LogP contribution in [0.4, 0.5) is 5.69 Å². The molecule has 6 nitrogen and oxygen atoms in total. The van der Waals surface area contributed by atoms with Crippen LogP contribution in [0.5, 0.6) is 0 Å². The van der Waals surface area contributed by atoms with E-state index in [1.54, 1.807) is 0 Å².